The topological polar surface area (TPSA) is 58.6 Å². The van der Waals surface area contributed by atoms with Crippen LogP contribution in [0.3, 0.4) is 0 Å². The van der Waals surface area contributed by atoms with Crippen LogP contribution < -0.4 is 10.1 Å². The van der Waals surface area contributed by atoms with E-state index in [9.17, 15) is 9.59 Å². The summed E-state index contributed by atoms with van der Waals surface area (Å²) in [6.07, 6.45) is 5.77. The Hall–Kier alpha value is -2.83. The van der Waals surface area contributed by atoms with E-state index in [1.165, 1.54) is 12.0 Å². The molecule has 1 aliphatic carbocycles. The van der Waals surface area contributed by atoms with Crippen molar-refractivity contribution in [1.29, 1.82) is 0 Å². The summed E-state index contributed by atoms with van der Waals surface area (Å²) in [6.45, 7) is 4.34. The number of nitrogens with one attached hydrogen (secondary N) is 1. The summed E-state index contributed by atoms with van der Waals surface area (Å²) in [5.41, 5.74) is 3.06. The summed E-state index contributed by atoms with van der Waals surface area (Å²) in [5.74, 6) is 0.591. The fraction of sp³-hybridized carbons (Fsp3) is 0.394. The second-order valence-corrected chi connectivity index (χ2v) is 12.1. The molecule has 1 fully saturated rings. The second kappa shape index (κ2) is 14.7. The normalized spacial score (nSPS) is 14.5. The van der Waals surface area contributed by atoms with Crippen LogP contribution in [0.4, 0.5) is 0 Å². The van der Waals surface area contributed by atoms with Gasteiger partial charge in [-0.05, 0) is 75.6 Å². The van der Waals surface area contributed by atoms with Crippen molar-refractivity contribution in [2.75, 3.05) is 6.61 Å². The molecule has 1 N–H and O–H groups in total. The van der Waals surface area contributed by atoms with Crippen LogP contribution in [0.1, 0.15) is 68.6 Å². The van der Waals surface area contributed by atoms with Gasteiger partial charge in [0.05, 0.1) is 4.47 Å². The number of carbonyl (C=O) groups excluding carboxylic acids is 2. The van der Waals surface area contributed by atoms with E-state index < -0.39 is 6.04 Å². The number of hydrogen-bond acceptors (Lipinski definition) is 3. The standard InChI is InChI=1S/C33H38BrClN2O3/c1-23(2)26-15-18-31(29(34)20-26)40-22-32(38)37(21-25-13-16-27(35)17-14-25)30(19-24-9-5-3-6-10-24)33(39)36-28-11-7-4-8-12-28/h3,5-6,9-10,13-18,20,23,28,30H,4,7-8,11-12,19,21-22H2,1-2H3,(H,36,39)/t30-/m1/s1. The summed E-state index contributed by atoms with van der Waals surface area (Å²) in [4.78, 5) is 29.4. The fourth-order valence-corrected chi connectivity index (χ4v) is 5.74. The molecule has 2 amide bonds. The first-order valence-corrected chi connectivity index (χ1v) is 15.3. The van der Waals surface area contributed by atoms with E-state index in [1.807, 2.05) is 60.7 Å². The molecule has 40 heavy (non-hydrogen) atoms. The number of halogens is 2. The van der Waals surface area contributed by atoms with Gasteiger partial charge in [0.25, 0.3) is 5.91 Å². The molecule has 3 aromatic carbocycles. The van der Waals surface area contributed by atoms with Crippen molar-refractivity contribution in [3.05, 3.63) is 99.0 Å². The third-order valence-electron chi connectivity index (χ3n) is 7.46. The number of amides is 2. The van der Waals surface area contributed by atoms with Gasteiger partial charge < -0.3 is 15.0 Å². The summed E-state index contributed by atoms with van der Waals surface area (Å²) >= 11 is 9.72. The Kier molecular flexibility index (Phi) is 11.1. The molecule has 1 atom stereocenters. The first-order chi connectivity index (χ1) is 19.3. The fourth-order valence-electron chi connectivity index (χ4n) is 5.10. The Labute approximate surface area is 251 Å². The highest BCUT2D eigenvalue weighted by Crippen LogP contribution is 2.29. The molecule has 5 nitrogen and oxygen atoms in total. The van der Waals surface area contributed by atoms with Gasteiger partial charge in [0.2, 0.25) is 5.91 Å². The molecule has 1 aliphatic rings. The van der Waals surface area contributed by atoms with Crippen LogP contribution >= 0.6 is 27.5 Å². The molecule has 3 aromatic rings. The van der Waals surface area contributed by atoms with E-state index in [1.54, 1.807) is 17.0 Å². The minimum Gasteiger partial charge on any atom is -0.483 e. The maximum absolute atomic E-state index is 13.9. The Balaban J connectivity index is 1.60. The molecular weight excluding hydrogens is 588 g/mol. The van der Waals surface area contributed by atoms with Crippen LogP contribution in [0.5, 0.6) is 5.75 Å². The Morgan fingerprint density at radius 1 is 0.975 bits per heavy atom. The van der Waals surface area contributed by atoms with Crippen molar-refractivity contribution in [2.24, 2.45) is 0 Å². The molecule has 4 rings (SSSR count). The van der Waals surface area contributed by atoms with Crippen molar-refractivity contribution in [3.8, 4) is 5.75 Å². The van der Waals surface area contributed by atoms with E-state index in [2.05, 4.69) is 35.1 Å². The number of benzene rings is 3. The molecular formula is C33H38BrClN2O3. The highest BCUT2D eigenvalue weighted by atomic mass is 79.9. The van der Waals surface area contributed by atoms with Crippen molar-refractivity contribution < 1.29 is 14.3 Å². The van der Waals surface area contributed by atoms with Gasteiger partial charge in [-0.1, -0.05) is 93.2 Å². The van der Waals surface area contributed by atoms with E-state index >= 15 is 0 Å². The zero-order chi connectivity index (χ0) is 28.5. The molecule has 212 valence electrons. The lowest BCUT2D eigenvalue weighted by Crippen LogP contribution is -2.53. The van der Waals surface area contributed by atoms with Crippen molar-refractivity contribution in [1.82, 2.24) is 10.2 Å². The molecule has 0 bridgehead atoms. The summed E-state index contributed by atoms with van der Waals surface area (Å²) < 4.78 is 6.81. The highest BCUT2D eigenvalue weighted by molar-refractivity contribution is 9.10. The van der Waals surface area contributed by atoms with Crippen molar-refractivity contribution >= 4 is 39.3 Å². The molecule has 0 heterocycles. The summed E-state index contributed by atoms with van der Waals surface area (Å²) in [5, 5.41) is 3.89. The number of hydrogen-bond donors (Lipinski definition) is 1. The molecule has 0 saturated heterocycles. The van der Waals surface area contributed by atoms with Gasteiger partial charge in [0.1, 0.15) is 11.8 Å². The van der Waals surface area contributed by atoms with Crippen LogP contribution in [0.15, 0.2) is 77.3 Å². The van der Waals surface area contributed by atoms with Crippen molar-refractivity contribution in [2.45, 2.75) is 76.9 Å². The summed E-state index contributed by atoms with van der Waals surface area (Å²) in [6, 6.07) is 22.6. The van der Waals surface area contributed by atoms with E-state index in [4.69, 9.17) is 16.3 Å². The van der Waals surface area contributed by atoms with Crippen LogP contribution in [0.25, 0.3) is 0 Å². The SMILES string of the molecule is CC(C)c1ccc(OCC(=O)N(Cc2ccc(Cl)cc2)[C@H](Cc2ccccc2)C(=O)NC2CCCCC2)c(Br)c1. The van der Waals surface area contributed by atoms with Crippen LogP contribution in [-0.4, -0.2) is 35.4 Å². The molecule has 0 radical (unpaired) electrons. The molecule has 1 saturated carbocycles. The predicted octanol–water partition coefficient (Wildman–Crippen LogP) is 7.69. The van der Waals surface area contributed by atoms with Gasteiger partial charge in [-0.25, -0.2) is 0 Å². The van der Waals surface area contributed by atoms with Crippen LogP contribution in [0, 0.1) is 0 Å². The van der Waals surface area contributed by atoms with Gasteiger partial charge >= 0.3 is 0 Å². The van der Waals surface area contributed by atoms with E-state index in [0.717, 1.165) is 41.3 Å². The van der Waals surface area contributed by atoms with E-state index in [-0.39, 0.29) is 31.0 Å². The smallest absolute Gasteiger partial charge is 0.261 e. The maximum Gasteiger partial charge on any atom is 0.261 e. The minimum atomic E-state index is -0.692. The monoisotopic (exact) mass is 624 g/mol. The minimum absolute atomic E-state index is 0.125. The first kappa shape index (κ1) is 30.1. The van der Waals surface area contributed by atoms with Gasteiger partial charge in [0, 0.05) is 24.0 Å². The number of rotatable bonds is 11. The lowest BCUT2D eigenvalue weighted by atomic mass is 9.94. The van der Waals surface area contributed by atoms with Crippen LogP contribution in [0.2, 0.25) is 5.02 Å². The molecule has 0 aliphatic heterocycles. The Bertz CT molecular complexity index is 1260. The lowest BCUT2D eigenvalue weighted by Gasteiger charge is -2.33. The van der Waals surface area contributed by atoms with Crippen molar-refractivity contribution in [3.63, 3.8) is 0 Å². The third-order valence-corrected chi connectivity index (χ3v) is 8.33. The largest absolute Gasteiger partial charge is 0.483 e. The van der Waals surface area contributed by atoms with Gasteiger partial charge in [-0.3, -0.25) is 9.59 Å². The Morgan fingerprint density at radius 3 is 2.33 bits per heavy atom. The lowest BCUT2D eigenvalue weighted by molar-refractivity contribution is -0.143. The molecule has 7 heteroatoms. The summed E-state index contributed by atoms with van der Waals surface area (Å²) in [7, 11) is 0. The average molecular weight is 626 g/mol. The number of carbonyl (C=O) groups is 2. The van der Waals surface area contributed by atoms with E-state index in [0.29, 0.717) is 23.1 Å². The average Bonchev–Trinajstić information content (AvgIpc) is 2.96. The zero-order valence-electron chi connectivity index (χ0n) is 23.2. The highest BCUT2D eigenvalue weighted by Gasteiger charge is 2.32. The van der Waals surface area contributed by atoms with Crippen LogP contribution in [-0.2, 0) is 22.6 Å². The van der Waals surface area contributed by atoms with Gasteiger partial charge in [-0.15, -0.1) is 0 Å². The number of nitrogens with zero attached hydrogens (tertiary/aromatic N) is 1. The molecule has 0 spiro atoms. The predicted molar refractivity (Wildman–Crippen MR) is 165 cm³/mol. The molecule has 0 aromatic heterocycles. The first-order valence-electron chi connectivity index (χ1n) is 14.1. The molecule has 0 unspecified atom stereocenters. The van der Waals surface area contributed by atoms with Gasteiger partial charge in [-0.2, -0.15) is 0 Å². The third kappa shape index (κ3) is 8.58. The Morgan fingerprint density at radius 2 is 1.68 bits per heavy atom. The quantitative estimate of drug-likeness (QED) is 0.238. The number of ether oxygens (including phenoxy) is 1. The second-order valence-electron chi connectivity index (χ2n) is 10.8. The maximum atomic E-state index is 13.9. The van der Waals surface area contributed by atoms with Gasteiger partial charge in [0.15, 0.2) is 6.61 Å². The zero-order valence-corrected chi connectivity index (χ0v) is 25.6.